The van der Waals surface area contributed by atoms with Crippen molar-refractivity contribution in [1.82, 2.24) is 13.1 Å². The standard InChI is InChI=1S/C16H15N3O2S2/c20-23(21,11-13-7-4-8-14-16(13)18-22-17-14)19-10-9-15(19)12-5-2-1-3-6-12/h1-8,15H,9-11H2. The number of fused-ring (bicyclic) bond motifs is 1. The fraction of sp³-hybridized carbons (Fsp3) is 0.250. The Morgan fingerprint density at radius 1 is 1.09 bits per heavy atom. The molecule has 1 aliphatic rings. The fourth-order valence-corrected chi connectivity index (χ4v) is 5.32. The van der Waals surface area contributed by atoms with Gasteiger partial charge in [0.2, 0.25) is 10.0 Å². The van der Waals surface area contributed by atoms with E-state index in [-0.39, 0.29) is 11.8 Å². The number of aromatic nitrogens is 2. The van der Waals surface area contributed by atoms with Crippen LogP contribution >= 0.6 is 11.7 Å². The molecule has 1 aliphatic heterocycles. The number of nitrogens with zero attached hydrogens (tertiary/aromatic N) is 3. The summed E-state index contributed by atoms with van der Waals surface area (Å²) in [6.45, 7) is 0.577. The Morgan fingerprint density at radius 3 is 2.65 bits per heavy atom. The molecule has 1 unspecified atom stereocenters. The van der Waals surface area contributed by atoms with Crippen molar-refractivity contribution in [2.45, 2.75) is 18.2 Å². The summed E-state index contributed by atoms with van der Waals surface area (Å²) in [7, 11) is -3.37. The van der Waals surface area contributed by atoms with Crippen LogP contribution < -0.4 is 0 Å². The van der Waals surface area contributed by atoms with Gasteiger partial charge in [0.1, 0.15) is 11.0 Å². The van der Waals surface area contributed by atoms with E-state index < -0.39 is 10.0 Å². The van der Waals surface area contributed by atoms with Gasteiger partial charge >= 0.3 is 0 Å². The third-order valence-corrected chi connectivity index (χ3v) is 6.59. The highest BCUT2D eigenvalue weighted by Gasteiger charge is 2.38. The van der Waals surface area contributed by atoms with Gasteiger partial charge in [0.25, 0.3) is 0 Å². The molecular weight excluding hydrogens is 330 g/mol. The fourth-order valence-electron chi connectivity index (χ4n) is 2.96. The molecule has 5 nitrogen and oxygen atoms in total. The second-order valence-electron chi connectivity index (χ2n) is 5.63. The topological polar surface area (TPSA) is 63.2 Å². The van der Waals surface area contributed by atoms with Gasteiger partial charge in [-0.1, -0.05) is 42.5 Å². The first-order chi connectivity index (χ1) is 11.1. The van der Waals surface area contributed by atoms with Crippen LogP contribution in [0.25, 0.3) is 11.0 Å². The van der Waals surface area contributed by atoms with E-state index in [0.717, 1.165) is 34.8 Å². The van der Waals surface area contributed by atoms with E-state index in [9.17, 15) is 8.42 Å². The number of rotatable bonds is 4. The highest BCUT2D eigenvalue weighted by molar-refractivity contribution is 7.88. The molecule has 3 aromatic rings. The molecule has 1 saturated heterocycles. The molecule has 1 atom stereocenters. The van der Waals surface area contributed by atoms with Gasteiger partial charge in [-0.05, 0) is 23.6 Å². The van der Waals surface area contributed by atoms with Crippen LogP contribution in [0.2, 0.25) is 0 Å². The first-order valence-corrected chi connectivity index (χ1v) is 9.74. The van der Waals surface area contributed by atoms with Crippen molar-refractivity contribution in [3.63, 3.8) is 0 Å². The molecule has 0 bridgehead atoms. The SMILES string of the molecule is O=S(=O)(Cc1cccc2nsnc12)N1CCC1c1ccccc1. The summed E-state index contributed by atoms with van der Waals surface area (Å²) >= 11 is 1.11. The zero-order valence-corrected chi connectivity index (χ0v) is 13.9. The van der Waals surface area contributed by atoms with E-state index in [1.165, 1.54) is 0 Å². The Labute approximate surface area is 139 Å². The Bertz CT molecular complexity index is 938. The maximum atomic E-state index is 12.8. The summed E-state index contributed by atoms with van der Waals surface area (Å²) in [6.07, 6.45) is 0.867. The quantitative estimate of drug-likeness (QED) is 0.729. The minimum absolute atomic E-state index is 0.0287. The lowest BCUT2D eigenvalue weighted by Crippen LogP contribution is -2.45. The number of sulfonamides is 1. The molecule has 0 saturated carbocycles. The van der Waals surface area contributed by atoms with Gasteiger partial charge in [-0.2, -0.15) is 13.1 Å². The highest BCUT2D eigenvalue weighted by Crippen LogP contribution is 2.37. The Morgan fingerprint density at radius 2 is 1.91 bits per heavy atom. The van der Waals surface area contributed by atoms with E-state index in [1.54, 1.807) is 4.31 Å². The molecule has 0 radical (unpaired) electrons. The van der Waals surface area contributed by atoms with Gasteiger partial charge in [0.05, 0.1) is 23.5 Å². The third-order valence-electron chi connectivity index (χ3n) is 4.22. The van der Waals surface area contributed by atoms with Crippen LogP contribution in [-0.2, 0) is 15.8 Å². The first kappa shape index (κ1) is 14.7. The average molecular weight is 345 g/mol. The summed E-state index contributed by atoms with van der Waals surface area (Å²) in [5.41, 5.74) is 3.22. The molecule has 2 aromatic carbocycles. The molecule has 118 valence electrons. The van der Waals surface area contributed by atoms with Crippen molar-refractivity contribution in [1.29, 1.82) is 0 Å². The largest absolute Gasteiger partial charge is 0.218 e. The van der Waals surface area contributed by atoms with E-state index in [4.69, 9.17) is 0 Å². The minimum Gasteiger partial charge on any atom is -0.212 e. The zero-order chi connectivity index (χ0) is 15.9. The van der Waals surface area contributed by atoms with E-state index >= 15 is 0 Å². The van der Waals surface area contributed by atoms with Gasteiger partial charge in [0.15, 0.2) is 0 Å². The normalized spacial score (nSPS) is 18.9. The van der Waals surface area contributed by atoms with Gasteiger partial charge in [-0.25, -0.2) is 8.42 Å². The second-order valence-corrected chi connectivity index (χ2v) is 8.08. The van der Waals surface area contributed by atoms with E-state index in [0.29, 0.717) is 12.1 Å². The van der Waals surface area contributed by atoms with Crippen molar-refractivity contribution in [2.75, 3.05) is 6.54 Å². The van der Waals surface area contributed by atoms with E-state index in [2.05, 4.69) is 8.75 Å². The van der Waals surface area contributed by atoms with Crippen molar-refractivity contribution in [3.8, 4) is 0 Å². The predicted octanol–water partition coefficient (Wildman–Crippen LogP) is 2.97. The lowest BCUT2D eigenvalue weighted by atomic mass is 9.98. The predicted molar refractivity (Wildman–Crippen MR) is 90.5 cm³/mol. The molecule has 0 N–H and O–H groups in total. The van der Waals surface area contributed by atoms with Gasteiger partial charge in [0, 0.05) is 6.54 Å². The Kier molecular flexibility index (Phi) is 3.63. The monoisotopic (exact) mass is 345 g/mol. The molecule has 1 aromatic heterocycles. The number of hydrogen-bond acceptors (Lipinski definition) is 5. The van der Waals surface area contributed by atoms with Crippen LogP contribution in [0.15, 0.2) is 48.5 Å². The molecule has 0 amide bonds. The molecule has 2 heterocycles. The van der Waals surface area contributed by atoms with Crippen molar-refractivity contribution in [2.24, 2.45) is 0 Å². The van der Waals surface area contributed by atoms with Crippen LogP contribution in [0.4, 0.5) is 0 Å². The van der Waals surface area contributed by atoms with Crippen molar-refractivity contribution >= 4 is 32.8 Å². The first-order valence-electron chi connectivity index (χ1n) is 7.40. The molecule has 0 spiro atoms. The van der Waals surface area contributed by atoms with Crippen LogP contribution in [0.3, 0.4) is 0 Å². The molecule has 7 heteroatoms. The molecule has 1 fully saturated rings. The summed E-state index contributed by atoms with van der Waals surface area (Å²) in [6, 6.07) is 15.3. The molecule has 23 heavy (non-hydrogen) atoms. The Balaban J connectivity index is 1.62. The average Bonchev–Trinajstić information content (AvgIpc) is 2.96. The molecule has 0 aliphatic carbocycles. The van der Waals surface area contributed by atoms with Gasteiger partial charge in [-0.15, -0.1) is 0 Å². The number of hydrogen-bond donors (Lipinski definition) is 0. The lowest BCUT2D eigenvalue weighted by Gasteiger charge is -2.40. The van der Waals surface area contributed by atoms with Gasteiger partial charge < -0.3 is 0 Å². The maximum Gasteiger partial charge on any atom is 0.218 e. The van der Waals surface area contributed by atoms with Gasteiger partial charge in [-0.3, -0.25) is 0 Å². The van der Waals surface area contributed by atoms with E-state index in [1.807, 2.05) is 48.5 Å². The van der Waals surface area contributed by atoms with Crippen LogP contribution in [0.5, 0.6) is 0 Å². The second kappa shape index (κ2) is 5.67. The minimum atomic E-state index is -3.37. The third kappa shape index (κ3) is 2.65. The van der Waals surface area contributed by atoms with Crippen LogP contribution in [-0.4, -0.2) is 28.0 Å². The summed E-state index contributed by atoms with van der Waals surface area (Å²) < 4.78 is 35.6. The van der Waals surface area contributed by atoms with Crippen molar-refractivity contribution in [3.05, 3.63) is 59.7 Å². The summed E-state index contributed by atoms with van der Waals surface area (Å²) in [5, 5.41) is 0. The highest BCUT2D eigenvalue weighted by atomic mass is 32.2. The number of benzene rings is 2. The maximum absolute atomic E-state index is 12.8. The summed E-state index contributed by atoms with van der Waals surface area (Å²) in [5.74, 6) is -0.0287. The Hall–Kier alpha value is -1.83. The van der Waals surface area contributed by atoms with Crippen molar-refractivity contribution < 1.29 is 8.42 Å². The molecule has 4 rings (SSSR count). The lowest BCUT2D eigenvalue weighted by molar-refractivity contribution is 0.202. The summed E-state index contributed by atoms with van der Waals surface area (Å²) in [4.78, 5) is 0. The van der Waals surface area contributed by atoms with Crippen LogP contribution in [0.1, 0.15) is 23.6 Å². The zero-order valence-electron chi connectivity index (χ0n) is 12.3. The smallest absolute Gasteiger partial charge is 0.212 e. The van der Waals surface area contributed by atoms with Crippen LogP contribution in [0, 0.1) is 0 Å². The molecular formula is C16H15N3O2S2.